The number of benzene rings is 1. The van der Waals surface area contributed by atoms with E-state index >= 15 is 0 Å². The van der Waals surface area contributed by atoms with Crippen molar-refractivity contribution in [1.29, 1.82) is 0 Å². The second kappa shape index (κ2) is 13.6. The van der Waals surface area contributed by atoms with E-state index in [1.165, 1.54) is 0 Å². The first-order valence-corrected chi connectivity index (χ1v) is 14.5. The molecule has 0 saturated heterocycles. The average Bonchev–Trinajstić information content (AvgIpc) is 2.90. The van der Waals surface area contributed by atoms with Crippen molar-refractivity contribution in [3.05, 3.63) is 65.5 Å². The summed E-state index contributed by atoms with van der Waals surface area (Å²) in [4.78, 5) is 15.5. The van der Waals surface area contributed by atoms with Crippen molar-refractivity contribution in [2.45, 2.75) is 85.8 Å². The number of carbonyl (C=O) groups excluding carboxylic acids is 1. The van der Waals surface area contributed by atoms with Crippen LogP contribution in [0.25, 0.3) is 5.57 Å². The second-order valence-electron chi connectivity index (χ2n) is 11.8. The average molecular weight is 524 g/mol. The zero-order valence-electron chi connectivity index (χ0n) is 24.3. The zero-order valence-corrected chi connectivity index (χ0v) is 24.3. The molecule has 1 aromatic carbocycles. The summed E-state index contributed by atoms with van der Waals surface area (Å²) in [6.07, 6.45) is 11.8. The van der Waals surface area contributed by atoms with Crippen LogP contribution in [-0.2, 0) is 16.0 Å². The molecular weight excluding hydrogens is 474 g/mol. The van der Waals surface area contributed by atoms with E-state index in [1.54, 1.807) is 0 Å². The standard InChI is InChI=1S/C33H49NO4/c1-7-25-12-8-9-14-29(25)30-20-26-15-16-28(21-31(26)34(32(30)37)18-11-19-35)38-22-27(36)13-10-17-33(6,23(2)3)24(4)5/h8-9,12,14-16,20-21,23-24,26-27,31,35-36H,7,10-11,13,17-19,22H2,1-6H3. The van der Waals surface area contributed by atoms with Gasteiger partial charge in [0.15, 0.2) is 0 Å². The van der Waals surface area contributed by atoms with Crippen LogP contribution in [0.2, 0.25) is 0 Å². The molecule has 210 valence electrons. The van der Waals surface area contributed by atoms with E-state index in [0.29, 0.717) is 37.0 Å². The predicted molar refractivity (Wildman–Crippen MR) is 155 cm³/mol. The number of amides is 1. The molecule has 1 aliphatic carbocycles. The van der Waals surface area contributed by atoms with E-state index in [2.05, 4.69) is 59.8 Å². The van der Waals surface area contributed by atoms with Crippen molar-refractivity contribution in [3.63, 3.8) is 0 Å². The van der Waals surface area contributed by atoms with Gasteiger partial charge in [-0.15, -0.1) is 0 Å². The SMILES string of the molecule is CCc1ccccc1C1=CC2C=CC(OCC(O)CCCC(C)(C(C)C)C(C)C)=CC2N(CCCO)C1=O. The Kier molecular flexibility index (Phi) is 10.8. The molecule has 2 aliphatic rings. The number of nitrogens with zero attached hydrogens (tertiary/aromatic N) is 1. The second-order valence-corrected chi connectivity index (χ2v) is 11.8. The topological polar surface area (TPSA) is 70.0 Å². The summed E-state index contributed by atoms with van der Waals surface area (Å²) in [5.74, 6) is 1.90. The lowest BCUT2D eigenvalue weighted by Crippen LogP contribution is -2.48. The van der Waals surface area contributed by atoms with Crippen molar-refractivity contribution in [3.8, 4) is 0 Å². The summed E-state index contributed by atoms with van der Waals surface area (Å²) in [5.41, 5.74) is 3.14. The van der Waals surface area contributed by atoms with Crippen LogP contribution in [0.1, 0.15) is 78.4 Å². The molecule has 5 heteroatoms. The molecular formula is C33H49NO4. The molecule has 38 heavy (non-hydrogen) atoms. The van der Waals surface area contributed by atoms with E-state index in [-0.39, 0.29) is 36.5 Å². The van der Waals surface area contributed by atoms with E-state index in [9.17, 15) is 15.0 Å². The summed E-state index contributed by atoms with van der Waals surface area (Å²) in [6, 6.07) is 7.93. The Morgan fingerprint density at radius 3 is 2.45 bits per heavy atom. The van der Waals surface area contributed by atoms with Gasteiger partial charge in [-0.05, 0) is 66.2 Å². The molecule has 0 aromatic heterocycles. The molecule has 0 spiro atoms. The fourth-order valence-electron chi connectivity index (χ4n) is 5.78. The van der Waals surface area contributed by atoms with Crippen LogP contribution in [0.15, 0.2) is 54.3 Å². The molecule has 0 radical (unpaired) electrons. The first-order valence-electron chi connectivity index (χ1n) is 14.5. The number of ether oxygens (including phenoxy) is 1. The predicted octanol–water partition coefficient (Wildman–Crippen LogP) is 6.16. The molecule has 0 bridgehead atoms. The maximum atomic E-state index is 13.7. The zero-order chi connectivity index (χ0) is 27.9. The van der Waals surface area contributed by atoms with Gasteiger partial charge < -0.3 is 19.8 Å². The molecule has 3 unspecified atom stereocenters. The Bertz CT molecular complexity index is 1010. The number of aliphatic hydroxyl groups is 2. The molecule has 1 aromatic rings. The lowest BCUT2D eigenvalue weighted by molar-refractivity contribution is -0.127. The Hall–Kier alpha value is -2.37. The van der Waals surface area contributed by atoms with Gasteiger partial charge in [-0.25, -0.2) is 0 Å². The largest absolute Gasteiger partial charge is 0.491 e. The van der Waals surface area contributed by atoms with E-state index in [4.69, 9.17) is 4.74 Å². The van der Waals surface area contributed by atoms with Crippen LogP contribution in [-0.4, -0.2) is 52.9 Å². The van der Waals surface area contributed by atoms with E-state index in [1.807, 2.05) is 35.3 Å². The van der Waals surface area contributed by atoms with Crippen LogP contribution >= 0.6 is 0 Å². The molecule has 1 amide bonds. The summed E-state index contributed by atoms with van der Waals surface area (Å²) >= 11 is 0. The highest BCUT2D eigenvalue weighted by atomic mass is 16.5. The van der Waals surface area contributed by atoms with Gasteiger partial charge in [0.2, 0.25) is 0 Å². The molecule has 0 saturated carbocycles. The van der Waals surface area contributed by atoms with Gasteiger partial charge in [0, 0.05) is 24.6 Å². The van der Waals surface area contributed by atoms with Crippen LogP contribution in [0.3, 0.4) is 0 Å². The Balaban J connectivity index is 1.68. The third kappa shape index (κ3) is 6.98. The number of aliphatic hydroxyl groups excluding tert-OH is 2. The monoisotopic (exact) mass is 523 g/mol. The molecule has 3 rings (SSSR count). The highest BCUT2D eigenvalue weighted by molar-refractivity contribution is 6.20. The number of fused-ring (bicyclic) bond motifs is 1. The molecule has 1 heterocycles. The van der Waals surface area contributed by atoms with Gasteiger partial charge in [0.1, 0.15) is 12.4 Å². The lowest BCUT2D eigenvalue weighted by atomic mass is 9.67. The minimum Gasteiger partial charge on any atom is -0.491 e. The molecule has 0 fully saturated rings. The van der Waals surface area contributed by atoms with Gasteiger partial charge >= 0.3 is 0 Å². The minimum atomic E-state index is -0.527. The summed E-state index contributed by atoms with van der Waals surface area (Å²) < 4.78 is 6.02. The van der Waals surface area contributed by atoms with Crippen molar-refractivity contribution < 1.29 is 19.7 Å². The van der Waals surface area contributed by atoms with Gasteiger partial charge in [-0.3, -0.25) is 4.79 Å². The first-order chi connectivity index (χ1) is 18.1. The van der Waals surface area contributed by atoms with Crippen LogP contribution < -0.4 is 0 Å². The number of hydrogen-bond donors (Lipinski definition) is 2. The van der Waals surface area contributed by atoms with E-state index in [0.717, 1.165) is 36.0 Å². The molecule has 2 N–H and O–H groups in total. The summed E-state index contributed by atoms with van der Waals surface area (Å²) in [6.45, 7) is 14.4. The van der Waals surface area contributed by atoms with Gasteiger partial charge in [-0.2, -0.15) is 0 Å². The van der Waals surface area contributed by atoms with Crippen LogP contribution in [0.4, 0.5) is 0 Å². The van der Waals surface area contributed by atoms with Crippen LogP contribution in [0, 0.1) is 23.2 Å². The Labute approximate surface area is 230 Å². The van der Waals surface area contributed by atoms with E-state index < -0.39 is 6.10 Å². The van der Waals surface area contributed by atoms with Crippen molar-refractivity contribution in [1.82, 2.24) is 4.90 Å². The highest BCUT2D eigenvalue weighted by Crippen LogP contribution is 2.40. The fourth-order valence-corrected chi connectivity index (χ4v) is 5.78. The third-order valence-electron chi connectivity index (χ3n) is 9.00. The normalized spacial score (nSPS) is 20.5. The Morgan fingerprint density at radius 1 is 1.08 bits per heavy atom. The number of rotatable bonds is 14. The number of carbonyl (C=O) groups is 1. The van der Waals surface area contributed by atoms with Crippen molar-refractivity contribution in [2.75, 3.05) is 19.8 Å². The number of allylic oxidation sites excluding steroid dienone is 1. The minimum absolute atomic E-state index is 0.00936. The number of aryl methyl sites for hydroxylation is 1. The quantitative estimate of drug-likeness (QED) is 0.306. The summed E-state index contributed by atoms with van der Waals surface area (Å²) in [7, 11) is 0. The lowest BCUT2D eigenvalue weighted by Gasteiger charge is -2.40. The maximum absolute atomic E-state index is 13.7. The molecule has 1 aliphatic heterocycles. The Morgan fingerprint density at radius 2 is 1.79 bits per heavy atom. The van der Waals surface area contributed by atoms with Crippen molar-refractivity contribution in [2.24, 2.45) is 23.2 Å². The summed E-state index contributed by atoms with van der Waals surface area (Å²) in [5, 5.41) is 20.1. The first kappa shape index (κ1) is 30.2. The smallest absolute Gasteiger partial charge is 0.254 e. The maximum Gasteiger partial charge on any atom is 0.254 e. The fraction of sp³-hybridized carbons (Fsp3) is 0.606. The van der Waals surface area contributed by atoms with Gasteiger partial charge in [0.05, 0.1) is 12.1 Å². The number of hydrogen-bond acceptors (Lipinski definition) is 4. The van der Waals surface area contributed by atoms with Gasteiger partial charge in [-0.1, -0.05) is 84.4 Å². The third-order valence-corrected chi connectivity index (χ3v) is 9.00. The molecule has 3 atom stereocenters. The van der Waals surface area contributed by atoms with Crippen LogP contribution in [0.5, 0.6) is 0 Å². The highest BCUT2D eigenvalue weighted by Gasteiger charge is 2.37. The molecule has 5 nitrogen and oxygen atoms in total. The van der Waals surface area contributed by atoms with Gasteiger partial charge in [0.25, 0.3) is 5.91 Å². The van der Waals surface area contributed by atoms with Crippen molar-refractivity contribution >= 4 is 11.5 Å².